The fraction of sp³-hybridized carbons (Fsp3) is 0.444. The van der Waals surface area contributed by atoms with Crippen LogP contribution >= 0.6 is 0 Å². The van der Waals surface area contributed by atoms with Crippen molar-refractivity contribution in [3.8, 4) is 0 Å². The van der Waals surface area contributed by atoms with Crippen molar-refractivity contribution in [2.24, 2.45) is 0 Å². The van der Waals surface area contributed by atoms with E-state index in [2.05, 4.69) is 206 Å². The van der Waals surface area contributed by atoms with Gasteiger partial charge in [-0.2, -0.15) is 0 Å². The molecule has 5 aromatic rings. The summed E-state index contributed by atoms with van der Waals surface area (Å²) in [7, 11) is 0. The van der Waals surface area contributed by atoms with E-state index in [0.717, 1.165) is 86.5 Å². The summed E-state index contributed by atoms with van der Waals surface area (Å²) in [5, 5.41) is 0. The summed E-state index contributed by atoms with van der Waals surface area (Å²) in [5.41, 5.74) is 12.0. The standard InChI is InChI=1S/C54H76N6/c1-9-17-41-57(42-18-10-2)47-25-33-51(34-26-47)60(52-35-27-48(28-36-52)58(43-19-11-3)44-20-12-4)54-39-37-53(38-40-54)59(49-29-21-45(22-30-49)55(13-5)14-6)50-31-23-46(24-32-50)56(15-7)16-8/h21-40H,9-20,41-44H2,1-8H3. The summed E-state index contributed by atoms with van der Waals surface area (Å²) in [6, 6.07) is 45.9. The number of rotatable bonds is 26. The van der Waals surface area contributed by atoms with Gasteiger partial charge in [0.25, 0.3) is 0 Å². The molecule has 322 valence electrons. The Bertz CT molecular complexity index is 1760. The average molecular weight is 809 g/mol. The summed E-state index contributed by atoms with van der Waals surface area (Å²) in [6.45, 7) is 26.4. The summed E-state index contributed by atoms with van der Waals surface area (Å²) in [4.78, 5) is 14.8. The summed E-state index contributed by atoms with van der Waals surface area (Å²) in [5.74, 6) is 0. The van der Waals surface area contributed by atoms with Gasteiger partial charge >= 0.3 is 0 Å². The number of benzene rings is 5. The molecular formula is C54H76N6. The molecule has 0 N–H and O–H groups in total. The molecule has 0 fully saturated rings. The van der Waals surface area contributed by atoms with Gasteiger partial charge < -0.3 is 29.4 Å². The fourth-order valence-electron chi connectivity index (χ4n) is 8.21. The number of nitrogens with zero attached hydrogens (tertiary/aromatic N) is 6. The molecule has 0 atom stereocenters. The lowest BCUT2D eigenvalue weighted by Crippen LogP contribution is -2.25. The Hall–Kier alpha value is -5.10. The molecule has 0 heterocycles. The molecule has 0 unspecified atom stereocenters. The molecule has 0 amide bonds. The zero-order valence-electron chi connectivity index (χ0n) is 38.5. The topological polar surface area (TPSA) is 19.4 Å². The Kier molecular flexibility index (Phi) is 18.6. The van der Waals surface area contributed by atoms with Gasteiger partial charge in [-0.1, -0.05) is 53.4 Å². The lowest BCUT2D eigenvalue weighted by molar-refractivity contribution is 0.678. The van der Waals surface area contributed by atoms with E-state index in [-0.39, 0.29) is 0 Å². The van der Waals surface area contributed by atoms with Crippen molar-refractivity contribution in [1.82, 2.24) is 0 Å². The predicted molar refractivity (Wildman–Crippen MR) is 267 cm³/mol. The van der Waals surface area contributed by atoms with E-state index in [1.807, 2.05) is 0 Å². The average Bonchev–Trinajstić information content (AvgIpc) is 3.29. The second kappa shape index (κ2) is 24.2. The van der Waals surface area contributed by atoms with Gasteiger partial charge in [0.2, 0.25) is 0 Å². The molecule has 0 spiro atoms. The monoisotopic (exact) mass is 809 g/mol. The van der Waals surface area contributed by atoms with Crippen molar-refractivity contribution >= 4 is 56.9 Å². The maximum absolute atomic E-state index is 2.57. The second-order valence-electron chi connectivity index (χ2n) is 16.0. The van der Waals surface area contributed by atoms with Gasteiger partial charge in [0, 0.05) is 109 Å². The predicted octanol–water partition coefficient (Wildman–Crippen LogP) is 15.1. The van der Waals surface area contributed by atoms with E-state index in [1.165, 1.54) is 74.1 Å². The Morgan fingerprint density at radius 3 is 0.567 bits per heavy atom. The molecule has 6 nitrogen and oxygen atoms in total. The molecule has 6 heteroatoms. The number of hydrogen-bond donors (Lipinski definition) is 0. The third-order valence-corrected chi connectivity index (χ3v) is 11.9. The lowest BCUT2D eigenvalue weighted by Gasteiger charge is -2.30. The second-order valence-corrected chi connectivity index (χ2v) is 16.0. The molecule has 0 aromatic heterocycles. The van der Waals surface area contributed by atoms with Crippen LogP contribution in [-0.2, 0) is 0 Å². The van der Waals surface area contributed by atoms with Crippen LogP contribution in [-0.4, -0.2) is 52.4 Å². The normalized spacial score (nSPS) is 11.1. The Morgan fingerprint density at radius 2 is 0.400 bits per heavy atom. The highest BCUT2D eigenvalue weighted by atomic mass is 15.2. The molecule has 0 aliphatic carbocycles. The first-order valence-electron chi connectivity index (χ1n) is 23.5. The Morgan fingerprint density at radius 1 is 0.233 bits per heavy atom. The zero-order valence-corrected chi connectivity index (χ0v) is 38.5. The van der Waals surface area contributed by atoms with Crippen LogP contribution in [0.5, 0.6) is 0 Å². The third-order valence-electron chi connectivity index (χ3n) is 11.9. The molecule has 0 saturated carbocycles. The van der Waals surface area contributed by atoms with E-state index >= 15 is 0 Å². The van der Waals surface area contributed by atoms with Crippen molar-refractivity contribution in [1.29, 1.82) is 0 Å². The first-order chi connectivity index (χ1) is 29.4. The van der Waals surface area contributed by atoms with Crippen molar-refractivity contribution in [3.05, 3.63) is 121 Å². The van der Waals surface area contributed by atoms with E-state index in [4.69, 9.17) is 0 Å². The van der Waals surface area contributed by atoms with E-state index in [9.17, 15) is 0 Å². The van der Waals surface area contributed by atoms with Crippen LogP contribution < -0.4 is 29.4 Å². The van der Waals surface area contributed by atoms with E-state index in [0.29, 0.717) is 0 Å². The summed E-state index contributed by atoms with van der Waals surface area (Å²) in [6.07, 6.45) is 9.65. The van der Waals surface area contributed by atoms with Gasteiger partial charge in [-0.15, -0.1) is 0 Å². The third kappa shape index (κ3) is 12.0. The van der Waals surface area contributed by atoms with Gasteiger partial charge in [-0.25, -0.2) is 0 Å². The first-order valence-corrected chi connectivity index (χ1v) is 23.5. The smallest absolute Gasteiger partial charge is 0.0463 e. The highest BCUT2D eigenvalue weighted by molar-refractivity contribution is 5.82. The van der Waals surface area contributed by atoms with Crippen molar-refractivity contribution in [2.75, 3.05) is 81.8 Å². The van der Waals surface area contributed by atoms with Crippen LogP contribution in [0.2, 0.25) is 0 Å². The number of unbranched alkanes of at least 4 members (excludes halogenated alkanes) is 4. The van der Waals surface area contributed by atoms with Crippen LogP contribution in [0.1, 0.15) is 107 Å². The minimum absolute atomic E-state index is 0.988. The van der Waals surface area contributed by atoms with E-state index < -0.39 is 0 Å². The summed E-state index contributed by atoms with van der Waals surface area (Å²) < 4.78 is 0. The Balaban J connectivity index is 1.56. The molecule has 5 rings (SSSR count). The van der Waals surface area contributed by atoms with Crippen LogP contribution in [0.25, 0.3) is 0 Å². The molecule has 0 aliphatic heterocycles. The van der Waals surface area contributed by atoms with Gasteiger partial charge in [0.05, 0.1) is 0 Å². The van der Waals surface area contributed by atoms with Crippen LogP contribution in [0.3, 0.4) is 0 Å². The van der Waals surface area contributed by atoms with Crippen molar-refractivity contribution in [3.63, 3.8) is 0 Å². The Labute approximate surface area is 365 Å². The zero-order chi connectivity index (χ0) is 42.7. The van der Waals surface area contributed by atoms with Crippen molar-refractivity contribution in [2.45, 2.75) is 107 Å². The number of anilines is 10. The van der Waals surface area contributed by atoms with Crippen LogP contribution in [0, 0.1) is 0 Å². The van der Waals surface area contributed by atoms with Gasteiger partial charge in [-0.3, -0.25) is 0 Å². The summed E-state index contributed by atoms with van der Waals surface area (Å²) >= 11 is 0. The molecule has 0 bridgehead atoms. The first kappa shape index (κ1) is 46.0. The van der Waals surface area contributed by atoms with Crippen LogP contribution in [0.4, 0.5) is 56.9 Å². The van der Waals surface area contributed by atoms with Gasteiger partial charge in [-0.05, 0) is 175 Å². The largest absolute Gasteiger partial charge is 0.372 e. The highest BCUT2D eigenvalue weighted by Gasteiger charge is 2.18. The minimum atomic E-state index is 0.988. The minimum Gasteiger partial charge on any atom is -0.372 e. The number of hydrogen-bond acceptors (Lipinski definition) is 6. The lowest BCUT2D eigenvalue weighted by atomic mass is 10.1. The quantitative estimate of drug-likeness (QED) is 0.0550. The molecule has 0 saturated heterocycles. The maximum Gasteiger partial charge on any atom is 0.0463 e. The molecule has 0 aliphatic rings. The highest BCUT2D eigenvalue weighted by Crippen LogP contribution is 2.41. The van der Waals surface area contributed by atoms with Crippen molar-refractivity contribution < 1.29 is 0 Å². The molecule has 0 radical (unpaired) electrons. The van der Waals surface area contributed by atoms with Gasteiger partial charge in [0.15, 0.2) is 0 Å². The molecule has 60 heavy (non-hydrogen) atoms. The molecular weight excluding hydrogens is 733 g/mol. The van der Waals surface area contributed by atoms with Gasteiger partial charge in [0.1, 0.15) is 0 Å². The molecule has 5 aromatic carbocycles. The SMILES string of the molecule is CCCCN(CCCC)c1ccc(N(c2ccc(N(CCCC)CCCC)cc2)c2ccc(N(c3ccc(N(CC)CC)cc3)c3ccc(N(CC)CC)cc3)cc2)cc1. The van der Waals surface area contributed by atoms with E-state index in [1.54, 1.807) is 0 Å². The maximum atomic E-state index is 2.57. The van der Waals surface area contributed by atoms with Crippen LogP contribution in [0.15, 0.2) is 121 Å². The fourth-order valence-corrected chi connectivity index (χ4v) is 8.21.